The molecule has 9 rings (SSSR count). The van der Waals surface area contributed by atoms with Crippen molar-refractivity contribution in [2.45, 2.75) is 0 Å². The van der Waals surface area contributed by atoms with E-state index in [4.69, 9.17) is 0 Å². The molecule has 0 N–H and O–H groups in total. The summed E-state index contributed by atoms with van der Waals surface area (Å²) in [6.45, 7) is 0. The first-order chi connectivity index (χ1) is 22.8. The summed E-state index contributed by atoms with van der Waals surface area (Å²) in [7, 11) is 0. The lowest BCUT2D eigenvalue weighted by atomic mass is 10.1. The van der Waals surface area contributed by atoms with Gasteiger partial charge in [0.05, 0.1) is 16.1 Å². The van der Waals surface area contributed by atoms with Gasteiger partial charge in [-0.05, 0) is 72.8 Å². The lowest BCUT2D eigenvalue weighted by Gasteiger charge is -2.27. The molecule has 2 nitrogen and oxygen atoms in total. The van der Waals surface area contributed by atoms with Crippen LogP contribution < -0.4 is 9.80 Å². The minimum absolute atomic E-state index is 1.14. The van der Waals surface area contributed by atoms with E-state index in [-0.39, 0.29) is 0 Å². The standard InChI is InChI=1S/C42H28N2S2/c1-4-14-29(15-5-1)43(30-16-6-2-7-17-30)37-23-12-21-35-41-36(22-13-25-39(41)46-42(35)37)44(31-18-8-3-9-19-31)32-26-27-34-33-20-10-11-24-38(33)45-40(34)28-32/h1-28H. The fraction of sp³-hybridized carbons (Fsp3) is 0. The molecule has 0 bridgehead atoms. The Labute approximate surface area is 275 Å². The lowest BCUT2D eigenvalue weighted by molar-refractivity contribution is 1.30. The average Bonchev–Trinajstić information content (AvgIpc) is 3.69. The molecule has 2 heterocycles. The maximum atomic E-state index is 2.43. The smallest absolute Gasteiger partial charge is 0.0640 e. The van der Waals surface area contributed by atoms with Gasteiger partial charge in [-0.2, -0.15) is 0 Å². The molecule has 218 valence electrons. The van der Waals surface area contributed by atoms with Crippen LogP contribution in [0.3, 0.4) is 0 Å². The molecule has 0 radical (unpaired) electrons. The Morgan fingerprint density at radius 2 is 0.848 bits per heavy atom. The predicted octanol–water partition coefficient (Wildman–Crippen LogP) is 13.4. The third-order valence-corrected chi connectivity index (χ3v) is 11.0. The number of anilines is 6. The first kappa shape index (κ1) is 26.9. The number of hydrogen-bond acceptors (Lipinski definition) is 4. The Morgan fingerprint density at radius 3 is 1.54 bits per heavy atom. The van der Waals surface area contributed by atoms with Crippen LogP contribution in [0.25, 0.3) is 40.3 Å². The van der Waals surface area contributed by atoms with Gasteiger partial charge in [-0.1, -0.05) is 97.1 Å². The predicted molar refractivity (Wildman–Crippen MR) is 202 cm³/mol. The van der Waals surface area contributed by atoms with E-state index in [1.54, 1.807) is 0 Å². The average molecular weight is 625 g/mol. The molecule has 0 aliphatic rings. The van der Waals surface area contributed by atoms with Crippen LogP contribution in [-0.4, -0.2) is 0 Å². The monoisotopic (exact) mass is 624 g/mol. The van der Waals surface area contributed by atoms with Crippen LogP contribution in [0, 0.1) is 0 Å². The number of benzene rings is 7. The SMILES string of the molecule is c1ccc(N(c2ccccc2)c2cccc3c2sc2cccc(N(c4ccccc4)c4ccc5c(c4)sc4ccccc45)c23)cc1. The zero-order chi connectivity index (χ0) is 30.5. The second kappa shape index (κ2) is 11.2. The molecule has 4 heteroatoms. The van der Waals surface area contributed by atoms with Gasteiger partial charge < -0.3 is 9.80 Å². The number of rotatable bonds is 6. The van der Waals surface area contributed by atoms with Gasteiger partial charge in [0, 0.05) is 58.4 Å². The maximum absolute atomic E-state index is 2.43. The van der Waals surface area contributed by atoms with Crippen LogP contribution in [0.1, 0.15) is 0 Å². The van der Waals surface area contributed by atoms with Gasteiger partial charge in [-0.25, -0.2) is 0 Å². The van der Waals surface area contributed by atoms with Crippen molar-refractivity contribution in [3.8, 4) is 0 Å². The van der Waals surface area contributed by atoms with E-state index >= 15 is 0 Å². The molecule has 0 aliphatic carbocycles. The molecule has 46 heavy (non-hydrogen) atoms. The van der Waals surface area contributed by atoms with Crippen LogP contribution >= 0.6 is 22.7 Å². The van der Waals surface area contributed by atoms with E-state index < -0.39 is 0 Å². The summed E-state index contributed by atoms with van der Waals surface area (Å²) >= 11 is 3.73. The summed E-state index contributed by atoms with van der Waals surface area (Å²) in [6.07, 6.45) is 0. The van der Waals surface area contributed by atoms with Gasteiger partial charge in [0.1, 0.15) is 0 Å². The van der Waals surface area contributed by atoms with Crippen molar-refractivity contribution in [2.75, 3.05) is 9.80 Å². The molecule has 0 aliphatic heterocycles. The first-order valence-electron chi connectivity index (χ1n) is 15.4. The van der Waals surface area contributed by atoms with E-state index in [0.717, 1.165) is 22.7 Å². The number of fused-ring (bicyclic) bond motifs is 6. The van der Waals surface area contributed by atoms with Crippen molar-refractivity contribution in [2.24, 2.45) is 0 Å². The molecule has 0 saturated carbocycles. The highest BCUT2D eigenvalue weighted by molar-refractivity contribution is 7.26. The highest BCUT2D eigenvalue weighted by Crippen LogP contribution is 2.49. The van der Waals surface area contributed by atoms with Crippen molar-refractivity contribution >= 4 is 97.1 Å². The molecule has 2 aromatic heterocycles. The fourth-order valence-electron chi connectivity index (χ4n) is 6.62. The van der Waals surface area contributed by atoms with E-state index in [9.17, 15) is 0 Å². The minimum atomic E-state index is 1.14. The molecule has 0 spiro atoms. The highest BCUT2D eigenvalue weighted by Gasteiger charge is 2.22. The number of thiophene rings is 2. The second-order valence-corrected chi connectivity index (χ2v) is 13.5. The summed E-state index contributed by atoms with van der Waals surface area (Å²) in [5.74, 6) is 0. The highest BCUT2D eigenvalue weighted by atomic mass is 32.1. The molecular formula is C42H28N2S2. The van der Waals surface area contributed by atoms with Crippen LogP contribution in [0.4, 0.5) is 34.1 Å². The van der Waals surface area contributed by atoms with E-state index in [0.29, 0.717) is 0 Å². The third kappa shape index (κ3) is 4.46. The quantitative estimate of drug-likeness (QED) is 0.182. The molecule has 9 aromatic rings. The summed E-state index contributed by atoms with van der Waals surface area (Å²) < 4.78 is 5.15. The summed E-state index contributed by atoms with van der Waals surface area (Å²) in [4.78, 5) is 4.80. The summed E-state index contributed by atoms with van der Waals surface area (Å²) in [5, 5.41) is 5.16. The van der Waals surface area contributed by atoms with Gasteiger partial charge >= 0.3 is 0 Å². The number of hydrogen-bond donors (Lipinski definition) is 0. The van der Waals surface area contributed by atoms with Crippen molar-refractivity contribution < 1.29 is 0 Å². The van der Waals surface area contributed by atoms with Gasteiger partial charge in [0.15, 0.2) is 0 Å². The fourth-order valence-corrected chi connectivity index (χ4v) is 8.98. The van der Waals surface area contributed by atoms with Gasteiger partial charge in [-0.15, -0.1) is 22.7 Å². The zero-order valence-corrected chi connectivity index (χ0v) is 26.5. The van der Waals surface area contributed by atoms with Gasteiger partial charge in [0.25, 0.3) is 0 Å². The van der Waals surface area contributed by atoms with Crippen LogP contribution in [-0.2, 0) is 0 Å². The summed E-state index contributed by atoms with van der Waals surface area (Å²) in [6, 6.07) is 61.2. The van der Waals surface area contributed by atoms with Crippen LogP contribution in [0.5, 0.6) is 0 Å². The van der Waals surface area contributed by atoms with E-state index in [1.165, 1.54) is 51.7 Å². The molecule has 0 fully saturated rings. The Balaban J connectivity index is 1.29. The minimum Gasteiger partial charge on any atom is -0.310 e. The molecule has 0 saturated heterocycles. The number of nitrogens with zero attached hydrogens (tertiary/aromatic N) is 2. The second-order valence-electron chi connectivity index (χ2n) is 11.4. The first-order valence-corrected chi connectivity index (χ1v) is 17.1. The maximum Gasteiger partial charge on any atom is 0.0640 e. The molecular weight excluding hydrogens is 597 g/mol. The topological polar surface area (TPSA) is 6.48 Å². The lowest BCUT2D eigenvalue weighted by Crippen LogP contribution is -2.10. The molecule has 0 unspecified atom stereocenters. The third-order valence-electron chi connectivity index (χ3n) is 8.63. The van der Waals surface area contributed by atoms with Crippen LogP contribution in [0.2, 0.25) is 0 Å². The van der Waals surface area contributed by atoms with E-state index in [1.807, 2.05) is 22.7 Å². The Morgan fingerprint density at radius 1 is 0.326 bits per heavy atom. The molecule has 7 aromatic carbocycles. The Kier molecular flexibility index (Phi) is 6.55. The van der Waals surface area contributed by atoms with Gasteiger partial charge in [-0.3, -0.25) is 0 Å². The summed E-state index contributed by atoms with van der Waals surface area (Å²) in [5.41, 5.74) is 6.94. The number of para-hydroxylation sites is 3. The Bertz CT molecular complexity index is 2440. The Hall–Kier alpha value is -5.42. The zero-order valence-electron chi connectivity index (χ0n) is 24.9. The molecule has 0 amide bonds. The van der Waals surface area contributed by atoms with Crippen LogP contribution in [0.15, 0.2) is 170 Å². The van der Waals surface area contributed by atoms with Crippen molar-refractivity contribution in [3.05, 3.63) is 170 Å². The van der Waals surface area contributed by atoms with E-state index in [2.05, 4.69) is 180 Å². The van der Waals surface area contributed by atoms with Crippen molar-refractivity contribution in [3.63, 3.8) is 0 Å². The van der Waals surface area contributed by atoms with Crippen molar-refractivity contribution in [1.82, 2.24) is 0 Å². The largest absolute Gasteiger partial charge is 0.310 e. The van der Waals surface area contributed by atoms with Crippen molar-refractivity contribution in [1.29, 1.82) is 0 Å². The molecule has 0 atom stereocenters. The van der Waals surface area contributed by atoms with Gasteiger partial charge in [0.2, 0.25) is 0 Å². The normalized spacial score (nSPS) is 11.5.